The van der Waals surface area contributed by atoms with Crippen LogP contribution in [-0.2, 0) is 25.7 Å². The molecule has 1 nitrogen and oxygen atoms in total. The van der Waals surface area contributed by atoms with E-state index in [4.69, 9.17) is 0 Å². The van der Waals surface area contributed by atoms with Gasteiger partial charge in [0.05, 0.1) is 6.04 Å². The summed E-state index contributed by atoms with van der Waals surface area (Å²) in [6.07, 6.45) is 21.3. The summed E-state index contributed by atoms with van der Waals surface area (Å²) in [5, 5.41) is 5.64. The summed E-state index contributed by atoms with van der Waals surface area (Å²) in [4.78, 5) is 2.75. The molecule has 0 saturated heterocycles. The lowest BCUT2D eigenvalue weighted by Gasteiger charge is -2.40. The van der Waals surface area contributed by atoms with E-state index in [1.165, 1.54) is 105 Å². The first-order valence-corrected chi connectivity index (χ1v) is 21.0. The van der Waals surface area contributed by atoms with Crippen LogP contribution in [0, 0.1) is 5.92 Å². The Balaban J connectivity index is 1.21. The monoisotopic (exact) mass is 733 g/mol. The van der Waals surface area contributed by atoms with Crippen molar-refractivity contribution in [2.45, 2.75) is 58.4 Å². The van der Waals surface area contributed by atoms with Crippen molar-refractivity contribution < 1.29 is 0 Å². The van der Waals surface area contributed by atoms with Crippen LogP contribution in [0.3, 0.4) is 0 Å². The van der Waals surface area contributed by atoms with Gasteiger partial charge in [0.2, 0.25) is 0 Å². The van der Waals surface area contributed by atoms with Gasteiger partial charge in [-0.05, 0) is 152 Å². The Morgan fingerprint density at radius 3 is 2.00 bits per heavy atom. The fourth-order valence-electron chi connectivity index (χ4n) is 10.8. The van der Waals surface area contributed by atoms with Crippen LogP contribution in [0.15, 0.2) is 163 Å². The maximum atomic E-state index is 2.75. The van der Waals surface area contributed by atoms with Gasteiger partial charge in [0.1, 0.15) is 0 Å². The van der Waals surface area contributed by atoms with Crippen molar-refractivity contribution in [1.82, 2.24) is 0 Å². The normalized spacial score (nSPS) is 18.0. The van der Waals surface area contributed by atoms with Crippen molar-refractivity contribution in [3.05, 3.63) is 196 Å². The summed E-state index contributed by atoms with van der Waals surface area (Å²) in [7, 11) is 0. The average Bonchev–Trinajstić information content (AvgIpc) is 3.69. The number of allylic oxidation sites excluding steroid dienone is 5. The van der Waals surface area contributed by atoms with Gasteiger partial charge in [-0.2, -0.15) is 0 Å². The first-order chi connectivity index (χ1) is 28.1. The van der Waals surface area contributed by atoms with Crippen LogP contribution in [0.25, 0.3) is 67.1 Å². The second kappa shape index (κ2) is 13.8. The molecule has 0 aromatic heterocycles. The first-order valence-electron chi connectivity index (χ1n) is 21.0. The van der Waals surface area contributed by atoms with Crippen molar-refractivity contribution in [3.63, 3.8) is 0 Å². The summed E-state index contributed by atoms with van der Waals surface area (Å²) >= 11 is 0. The van der Waals surface area contributed by atoms with E-state index < -0.39 is 0 Å². The Labute approximate surface area is 337 Å². The maximum absolute atomic E-state index is 2.75. The summed E-state index contributed by atoms with van der Waals surface area (Å²) in [6.45, 7) is 4.66. The van der Waals surface area contributed by atoms with E-state index in [0.717, 1.165) is 38.5 Å². The minimum Gasteiger partial charge on any atom is -0.337 e. The molecule has 57 heavy (non-hydrogen) atoms. The van der Waals surface area contributed by atoms with Crippen LogP contribution in [0.2, 0.25) is 0 Å². The zero-order valence-electron chi connectivity index (χ0n) is 32.9. The molecule has 0 fully saturated rings. The largest absolute Gasteiger partial charge is 0.337 e. The third-order valence-corrected chi connectivity index (χ3v) is 13.1. The van der Waals surface area contributed by atoms with Crippen LogP contribution < -0.4 is 4.90 Å². The smallest absolute Gasteiger partial charge is 0.0563 e. The van der Waals surface area contributed by atoms with E-state index in [1.54, 1.807) is 0 Å². The zero-order chi connectivity index (χ0) is 38.0. The Bertz CT molecular complexity index is 2840. The van der Waals surface area contributed by atoms with Crippen molar-refractivity contribution in [1.29, 1.82) is 0 Å². The minimum absolute atomic E-state index is 0.179. The van der Waals surface area contributed by atoms with E-state index >= 15 is 0 Å². The number of nitrogens with zero attached hydrogens (tertiary/aromatic N) is 1. The molecule has 0 N–H and O–H groups in total. The average molecular weight is 734 g/mol. The lowest BCUT2D eigenvalue weighted by Crippen LogP contribution is -2.38. The Kier molecular flexibility index (Phi) is 8.24. The lowest BCUT2D eigenvalue weighted by atomic mass is 9.74. The Morgan fingerprint density at radius 2 is 1.26 bits per heavy atom. The van der Waals surface area contributed by atoms with Crippen LogP contribution in [0.4, 0.5) is 5.69 Å². The van der Waals surface area contributed by atoms with E-state index in [9.17, 15) is 0 Å². The minimum atomic E-state index is 0.179. The second-order valence-corrected chi connectivity index (χ2v) is 16.7. The van der Waals surface area contributed by atoms with Crippen LogP contribution in [0.1, 0.15) is 60.1 Å². The first kappa shape index (κ1) is 34.1. The highest BCUT2D eigenvalue weighted by Crippen LogP contribution is 2.51. The molecule has 0 saturated carbocycles. The molecule has 0 spiro atoms. The fourth-order valence-corrected chi connectivity index (χ4v) is 10.8. The van der Waals surface area contributed by atoms with Gasteiger partial charge in [0.25, 0.3) is 0 Å². The van der Waals surface area contributed by atoms with E-state index in [1.807, 2.05) is 0 Å². The molecule has 276 valence electrons. The van der Waals surface area contributed by atoms with Gasteiger partial charge in [0.15, 0.2) is 0 Å². The highest BCUT2D eigenvalue weighted by atomic mass is 15.2. The molecule has 0 amide bonds. The topological polar surface area (TPSA) is 3.24 Å². The quantitative estimate of drug-likeness (QED) is 0.164. The van der Waals surface area contributed by atoms with Gasteiger partial charge in [-0.25, -0.2) is 0 Å². The molecule has 4 aliphatic rings. The number of benzene rings is 7. The van der Waals surface area contributed by atoms with E-state index in [-0.39, 0.29) is 6.04 Å². The van der Waals surface area contributed by atoms with E-state index in [2.05, 4.69) is 183 Å². The number of aryl methyl sites for hydroxylation is 2. The highest BCUT2D eigenvalue weighted by molar-refractivity contribution is 6.17. The standard InChI is InChI=1S/C56H47N/c1-36-31-37(2)33-44(32-36)57(52-30-27-42-26-25-41-21-14-24-48(52)53(41)42)43-28-29-47-51(34-43)45-22-12-13-23-46(45)55-50(39-17-8-4-9-18-39)35-49(38-15-6-3-7-16-38)54(56(47)55)40-19-10-5-11-20-40/h3-11,13-21,23-24,27-32,35,37,43H,12,22,25-26,33-34H2,1-2H3. The molecular weight excluding hydrogens is 687 g/mol. The lowest BCUT2D eigenvalue weighted by molar-refractivity contribution is 0.638. The van der Waals surface area contributed by atoms with Crippen LogP contribution >= 0.6 is 0 Å². The molecular formula is C56H47N. The summed E-state index contributed by atoms with van der Waals surface area (Å²) < 4.78 is 0. The molecule has 2 atom stereocenters. The number of anilines is 1. The van der Waals surface area contributed by atoms with Gasteiger partial charge in [-0.1, -0.05) is 158 Å². The Hall–Kier alpha value is -6.18. The van der Waals surface area contributed by atoms with Crippen molar-refractivity contribution in [3.8, 4) is 33.4 Å². The molecule has 11 rings (SSSR count). The van der Waals surface area contributed by atoms with Crippen molar-refractivity contribution in [2.24, 2.45) is 5.92 Å². The third-order valence-electron chi connectivity index (χ3n) is 13.1. The van der Waals surface area contributed by atoms with Gasteiger partial charge in [-0.15, -0.1) is 0 Å². The van der Waals surface area contributed by atoms with Crippen molar-refractivity contribution >= 4 is 39.4 Å². The molecule has 1 heteroatoms. The SMILES string of the molecule is CC1=CC(C)CC(N(c2ccc3c4c(cccc24)CC3)C2C=Cc3c(c4c(c5c(-c6ccccc6)cc(-c6ccccc6)c(-c6ccccc6)c35)C=CCC4)C2)=C1. The molecule has 0 radical (unpaired) electrons. The summed E-state index contributed by atoms with van der Waals surface area (Å²) in [5.41, 5.74) is 20.7. The van der Waals surface area contributed by atoms with E-state index in [0.29, 0.717) is 5.92 Å². The molecule has 0 bridgehead atoms. The van der Waals surface area contributed by atoms with Gasteiger partial charge in [0, 0.05) is 16.8 Å². The fraction of sp³-hybridized carbons (Fsp3) is 0.179. The molecule has 4 aliphatic carbocycles. The molecule has 7 aromatic carbocycles. The molecule has 7 aromatic rings. The number of fused-ring (bicyclic) bond motifs is 6. The van der Waals surface area contributed by atoms with Gasteiger partial charge in [-0.3, -0.25) is 0 Å². The third kappa shape index (κ3) is 5.66. The second-order valence-electron chi connectivity index (χ2n) is 16.7. The maximum Gasteiger partial charge on any atom is 0.0563 e. The van der Waals surface area contributed by atoms with Gasteiger partial charge >= 0.3 is 0 Å². The van der Waals surface area contributed by atoms with Crippen molar-refractivity contribution in [2.75, 3.05) is 4.90 Å². The predicted octanol–water partition coefficient (Wildman–Crippen LogP) is 14.4. The van der Waals surface area contributed by atoms with Gasteiger partial charge < -0.3 is 4.90 Å². The Morgan fingerprint density at radius 1 is 0.579 bits per heavy atom. The predicted molar refractivity (Wildman–Crippen MR) is 244 cm³/mol. The number of hydrogen-bond acceptors (Lipinski definition) is 1. The van der Waals surface area contributed by atoms with Crippen LogP contribution in [-0.4, -0.2) is 6.04 Å². The molecule has 0 heterocycles. The molecule has 0 aliphatic heterocycles. The number of hydrogen-bond donors (Lipinski definition) is 0. The number of rotatable bonds is 6. The summed E-state index contributed by atoms with van der Waals surface area (Å²) in [6, 6.07) is 47.9. The van der Waals surface area contributed by atoms with Crippen LogP contribution in [0.5, 0.6) is 0 Å². The highest BCUT2D eigenvalue weighted by Gasteiger charge is 2.33. The molecule has 2 unspecified atom stereocenters. The zero-order valence-corrected chi connectivity index (χ0v) is 32.9. The summed E-state index contributed by atoms with van der Waals surface area (Å²) in [5.74, 6) is 0.493.